The van der Waals surface area contributed by atoms with Gasteiger partial charge in [0, 0.05) is 0 Å². The van der Waals surface area contributed by atoms with Crippen LogP contribution in [0, 0.1) is 0 Å². The van der Waals surface area contributed by atoms with Crippen molar-refractivity contribution < 1.29 is 4.74 Å². The minimum atomic E-state index is 0.716. The van der Waals surface area contributed by atoms with Crippen molar-refractivity contribution in [2.75, 3.05) is 4.61 Å². The summed E-state index contributed by atoms with van der Waals surface area (Å²) in [5.41, 5.74) is 1.36. The lowest BCUT2D eigenvalue weighted by Crippen LogP contribution is -1.89. The van der Waals surface area contributed by atoms with E-state index in [2.05, 4.69) is 41.6 Å². The summed E-state index contributed by atoms with van der Waals surface area (Å²) in [6, 6.07) is 8.30. The maximum Gasteiger partial charge on any atom is 0.139 e. The molecule has 0 unspecified atom stereocenters. The van der Waals surface area contributed by atoms with E-state index < -0.39 is 0 Å². The molecule has 1 aromatic rings. The SMILES string of the molecule is CCCc1cccc(OCI)c1. The van der Waals surface area contributed by atoms with Crippen LogP contribution in [0.3, 0.4) is 0 Å². The third-order valence-corrected chi connectivity index (χ3v) is 1.97. The maximum absolute atomic E-state index is 5.38. The molecule has 12 heavy (non-hydrogen) atoms. The molecule has 1 nitrogen and oxygen atoms in total. The fraction of sp³-hybridized carbons (Fsp3) is 0.400. The lowest BCUT2D eigenvalue weighted by atomic mass is 10.1. The van der Waals surface area contributed by atoms with Crippen LogP contribution in [0.2, 0.25) is 0 Å². The van der Waals surface area contributed by atoms with Crippen molar-refractivity contribution in [2.45, 2.75) is 19.8 Å². The molecular weight excluding hydrogens is 263 g/mol. The fourth-order valence-electron chi connectivity index (χ4n) is 1.14. The van der Waals surface area contributed by atoms with E-state index in [1.165, 1.54) is 12.0 Å². The molecule has 0 aromatic heterocycles. The summed E-state index contributed by atoms with van der Waals surface area (Å²) in [6.07, 6.45) is 2.33. The summed E-state index contributed by atoms with van der Waals surface area (Å²) < 4.78 is 6.10. The molecule has 0 aliphatic rings. The molecule has 0 aliphatic heterocycles. The Morgan fingerprint density at radius 3 is 2.92 bits per heavy atom. The zero-order valence-electron chi connectivity index (χ0n) is 7.22. The zero-order chi connectivity index (χ0) is 8.81. The van der Waals surface area contributed by atoms with E-state index in [1.54, 1.807) is 0 Å². The summed E-state index contributed by atoms with van der Waals surface area (Å²) in [5.74, 6) is 0.982. The summed E-state index contributed by atoms with van der Waals surface area (Å²) in [6.45, 7) is 2.19. The van der Waals surface area contributed by atoms with Crippen LogP contribution in [0.15, 0.2) is 24.3 Å². The van der Waals surface area contributed by atoms with Crippen molar-refractivity contribution in [2.24, 2.45) is 0 Å². The molecule has 0 saturated carbocycles. The molecule has 0 amide bonds. The van der Waals surface area contributed by atoms with Crippen LogP contribution < -0.4 is 4.74 Å². The van der Waals surface area contributed by atoms with Gasteiger partial charge < -0.3 is 4.74 Å². The first-order valence-corrected chi connectivity index (χ1v) is 5.67. The first kappa shape index (κ1) is 9.84. The molecule has 0 heterocycles. The Kier molecular flexibility index (Phi) is 4.43. The second kappa shape index (κ2) is 5.41. The topological polar surface area (TPSA) is 9.23 Å². The van der Waals surface area contributed by atoms with Crippen molar-refractivity contribution in [3.8, 4) is 5.75 Å². The van der Waals surface area contributed by atoms with E-state index in [0.29, 0.717) is 4.61 Å². The summed E-state index contributed by atoms with van der Waals surface area (Å²) in [7, 11) is 0. The van der Waals surface area contributed by atoms with E-state index in [0.717, 1.165) is 12.2 Å². The van der Waals surface area contributed by atoms with Crippen molar-refractivity contribution in [1.82, 2.24) is 0 Å². The Bertz CT molecular complexity index is 214. The molecule has 66 valence electrons. The van der Waals surface area contributed by atoms with Gasteiger partial charge in [-0.1, -0.05) is 25.5 Å². The van der Waals surface area contributed by atoms with E-state index in [4.69, 9.17) is 4.74 Å². The highest BCUT2D eigenvalue weighted by molar-refractivity contribution is 14.1. The van der Waals surface area contributed by atoms with E-state index in [1.807, 2.05) is 12.1 Å². The van der Waals surface area contributed by atoms with Crippen LogP contribution in [-0.4, -0.2) is 4.61 Å². The van der Waals surface area contributed by atoms with Crippen LogP contribution >= 0.6 is 22.6 Å². The number of benzene rings is 1. The Labute approximate surface area is 87.3 Å². The average Bonchev–Trinajstić information content (AvgIpc) is 2.06. The predicted octanol–water partition coefficient (Wildman–Crippen LogP) is 3.41. The lowest BCUT2D eigenvalue weighted by molar-refractivity contribution is 0.404. The lowest BCUT2D eigenvalue weighted by Gasteiger charge is -2.03. The molecule has 0 fully saturated rings. The Hall–Kier alpha value is -0.250. The molecule has 0 N–H and O–H groups in total. The van der Waals surface area contributed by atoms with Crippen molar-refractivity contribution in [3.63, 3.8) is 0 Å². The second-order valence-electron chi connectivity index (χ2n) is 2.65. The highest BCUT2D eigenvalue weighted by Crippen LogP contribution is 2.14. The smallest absolute Gasteiger partial charge is 0.139 e. The van der Waals surface area contributed by atoms with Gasteiger partial charge in [0.05, 0.1) is 0 Å². The largest absolute Gasteiger partial charge is 0.483 e. The van der Waals surface area contributed by atoms with Crippen molar-refractivity contribution >= 4 is 22.6 Å². The Balaban J connectivity index is 2.67. The van der Waals surface area contributed by atoms with E-state index in [9.17, 15) is 0 Å². The molecule has 2 heteroatoms. The summed E-state index contributed by atoms with van der Waals surface area (Å²) in [5, 5.41) is 0. The molecule has 0 aliphatic carbocycles. The maximum atomic E-state index is 5.38. The quantitative estimate of drug-likeness (QED) is 0.605. The molecule has 1 aromatic carbocycles. The number of rotatable bonds is 4. The first-order chi connectivity index (χ1) is 5.86. The van der Waals surface area contributed by atoms with Gasteiger partial charge in [0.1, 0.15) is 10.4 Å². The van der Waals surface area contributed by atoms with Gasteiger partial charge in [-0.05, 0) is 46.7 Å². The number of alkyl halides is 1. The van der Waals surface area contributed by atoms with Crippen LogP contribution in [-0.2, 0) is 6.42 Å². The molecule has 0 bridgehead atoms. The van der Waals surface area contributed by atoms with Gasteiger partial charge in [0.25, 0.3) is 0 Å². The molecule has 1 rings (SSSR count). The average molecular weight is 276 g/mol. The van der Waals surface area contributed by atoms with Gasteiger partial charge in [-0.2, -0.15) is 0 Å². The minimum absolute atomic E-state index is 0.716. The number of ether oxygens (including phenoxy) is 1. The standard InChI is InChI=1S/C10H13IO/c1-2-4-9-5-3-6-10(7-9)12-8-11/h3,5-7H,2,4,8H2,1H3. The Morgan fingerprint density at radius 1 is 1.42 bits per heavy atom. The fourth-order valence-corrected chi connectivity index (χ4v) is 1.50. The van der Waals surface area contributed by atoms with Gasteiger partial charge in [0.15, 0.2) is 0 Å². The number of halogens is 1. The highest BCUT2D eigenvalue weighted by atomic mass is 127. The zero-order valence-corrected chi connectivity index (χ0v) is 9.37. The first-order valence-electron chi connectivity index (χ1n) is 4.14. The number of hydrogen-bond acceptors (Lipinski definition) is 1. The summed E-state index contributed by atoms with van der Waals surface area (Å²) in [4.78, 5) is 0. The second-order valence-corrected chi connectivity index (χ2v) is 3.27. The molecule has 0 spiro atoms. The van der Waals surface area contributed by atoms with Gasteiger partial charge >= 0.3 is 0 Å². The van der Waals surface area contributed by atoms with Crippen molar-refractivity contribution in [3.05, 3.63) is 29.8 Å². The minimum Gasteiger partial charge on any atom is -0.483 e. The van der Waals surface area contributed by atoms with Gasteiger partial charge in [-0.25, -0.2) is 0 Å². The van der Waals surface area contributed by atoms with Gasteiger partial charge in [-0.3, -0.25) is 0 Å². The third kappa shape index (κ3) is 3.01. The van der Waals surface area contributed by atoms with E-state index >= 15 is 0 Å². The van der Waals surface area contributed by atoms with Gasteiger partial charge in [-0.15, -0.1) is 0 Å². The molecule has 0 radical (unpaired) electrons. The third-order valence-electron chi connectivity index (χ3n) is 1.66. The molecule has 0 atom stereocenters. The van der Waals surface area contributed by atoms with Crippen LogP contribution in [0.1, 0.15) is 18.9 Å². The highest BCUT2D eigenvalue weighted by Gasteiger charge is 1.94. The van der Waals surface area contributed by atoms with Crippen molar-refractivity contribution in [1.29, 1.82) is 0 Å². The monoisotopic (exact) mass is 276 g/mol. The number of hydrogen-bond donors (Lipinski definition) is 0. The summed E-state index contributed by atoms with van der Waals surface area (Å²) >= 11 is 2.20. The van der Waals surface area contributed by atoms with Crippen LogP contribution in [0.4, 0.5) is 0 Å². The Morgan fingerprint density at radius 2 is 2.25 bits per heavy atom. The van der Waals surface area contributed by atoms with E-state index in [-0.39, 0.29) is 0 Å². The van der Waals surface area contributed by atoms with Crippen LogP contribution in [0.25, 0.3) is 0 Å². The number of aryl methyl sites for hydroxylation is 1. The van der Waals surface area contributed by atoms with Crippen LogP contribution in [0.5, 0.6) is 5.75 Å². The molecular formula is C10H13IO. The predicted molar refractivity (Wildman–Crippen MR) is 60.0 cm³/mol. The van der Waals surface area contributed by atoms with Gasteiger partial charge in [0.2, 0.25) is 0 Å². The normalized spacial score (nSPS) is 9.83. The molecule has 0 saturated heterocycles.